The zero-order valence-corrected chi connectivity index (χ0v) is 37.6. The van der Waals surface area contributed by atoms with E-state index >= 15 is 0 Å². The van der Waals surface area contributed by atoms with Crippen LogP contribution in [0.25, 0.3) is 22.0 Å². The van der Waals surface area contributed by atoms with Crippen LogP contribution >= 0.6 is 0 Å². The molecule has 0 spiro atoms. The number of phenols is 1. The highest BCUT2D eigenvalue weighted by molar-refractivity contribution is 6.74. The van der Waals surface area contributed by atoms with Gasteiger partial charge < -0.3 is 43.8 Å². The third-order valence-corrected chi connectivity index (χ3v) is 16.9. The fraction of sp³-hybridized carbons (Fsp3) is 0.396. The van der Waals surface area contributed by atoms with Crippen LogP contribution in [0.2, 0.25) is 18.1 Å². The number of anilines is 2. The molecule has 2 aliphatic rings. The van der Waals surface area contributed by atoms with Crippen molar-refractivity contribution >= 4 is 42.6 Å². The van der Waals surface area contributed by atoms with Crippen LogP contribution in [0.4, 0.5) is 16.2 Å². The number of methoxy groups -OCH3 is 1. The Kier molecular flexibility index (Phi) is 13.7. The van der Waals surface area contributed by atoms with Crippen LogP contribution in [0.3, 0.4) is 0 Å². The van der Waals surface area contributed by atoms with Gasteiger partial charge in [-0.05, 0) is 66.4 Å². The van der Waals surface area contributed by atoms with Gasteiger partial charge in [-0.3, -0.25) is 14.9 Å². The lowest BCUT2D eigenvalue weighted by atomic mass is 10.0. The van der Waals surface area contributed by atoms with Crippen molar-refractivity contribution in [2.45, 2.75) is 76.9 Å². The van der Waals surface area contributed by atoms with Crippen molar-refractivity contribution < 1.29 is 33.3 Å². The zero-order chi connectivity index (χ0) is 44.0. The number of nitrogens with zero attached hydrogens (tertiary/aromatic N) is 2. The lowest BCUT2D eigenvalue weighted by Gasteiger charge is -2.39. The number of carbonyl (C=O) groups excluding carboxylic acids is 2. The van der Waals surface area contributed by atoms with Crippen molar-refractivity contribution in [2.75, 3.05) is 56.7 Å². The van der Waals surface area contributed by atoms with Gasteiger partial charge in [-0.15, -0.1) is 0 Å². The molecule has 2 aliphatic heterocycles. The van der Waals surface area contributed by atoms with Crippen molar-refractivity contribution in [3.8, 4) is 28.4 Å². The number of benzene rings is 4. The highest BCUT2D eigenvalue weighted by Gasteiger charge is 2.40. The van der Waals surface area contributed by atoms with Crippen LogP contribution < -0.4 is 30.6 Å². The standard InChI is InChI=1S/C48H59N5O8Si/c1-48(2,3)62(5,6)61-43(36-16-18-40(54)46-37(36)17-19-44(55)51-46)31-49-30-33-28-42-39(29-41(33)58-4)53(26-27-59-42)45(56)22-25-52-23-20-34(21-24-52)60-47(57)50-38-15-11-10-14-35(38)32-12-8-7-9-13-32/h7-19,28-29,34,43,49,54H,20-27,30-31H2,1-6H3,(H,50,57)(H,51,55)/t43-/m0/s1. The first-order chi connectivity index (χ1) is 29.7. The monoisotopic (exact) mass is 861 g/mol. The molecule has 0 saturated carbocycles. The molecule has 14 heteroatoms. The number of phenolic OH excluding ortho intramolecular Hbond substituents is 1. The van der Waals surface area contributed by atoms with E-state index in [-0.39, 0.29) is 34.5 Å². The minimum atomic E-state index is -2.28. The zero-order valence-electron chi connectivity index (χ0n) is 36.6. The van der Waals surface area contributed by atoms with Gasteiger partial charge in [0.15, 0.2) is 8.32 Å². The van der Waals surface area contributed by atoms with Crippen LogP contribution in [0, 0.1) is 0 Å². The van der Waals surface area contributed by atoms with Gasteiger partial charge in [-0.1, -0.05) is 75.4 Å². The molecule has 62 heavy (non-hydrogen) atoms. The number of aromatic hydroxyl groups is 1. The topological polar surface area (TPSA) is 155 Å². The second kappa shape index (κ2) is 19.2. The molecular formula is C48H59N5O8Si. The Morgan fingerprint density at radius 1 is 0.968 bits per heavy atom. The number of likely N-dealkylation sites (tertiary alicyclic amines) is 1. The summed E-state index contributed by atoms with van der Waals surface area (Å²) in [6, 6.07) is 28.1. The summed E-state index contributed by atoms with van der Waals surface area (Å²) < 4.78 is 24.8. The number of ether oxygens (including phenoxy) is 3. The number of amides is 2. The number of hydrogen-bond acceptors (Lipinski definition) is 10. The summed E-state index contributed by atoms with van der Waals surface area (Å²) in [7, 11) is -0.659. The first kappa shape index (κ1) is 44.4. The van der Waals surface area contributed by atoms with Crippen molar-refractivity contribution in [1.29, 1.82) is 0 Å². The van der Waals surface area contributed by atoms with Gasteiger partial charge in [0.1, 0.15) is 30.0 Å². The third-order valence-electron chi connectivity index (χ3n) is 12.4. The SMILES string of the molecule is COc1cc2c(cc1CNC[C@H](O[Si](C)(C)C(C)(C)C)c1ccc(O)c3[nH]c(=O)ccc13)OCCN2C(=O)CCN1CCC(OC(=O)Nc2ccccc2-c2ccccc2)CC1. The molecule has 5 aromatic rings. The molecule has 0 aliphatic carbocycles. The summed E-state index contributed by atoms with van der Waals surface area (Å²) in [5.41, 5.74) is 5.14. The molecule has 328 valence electrons. The molecule has 0 bridgehead atoms. The highest BCUT2D eigenvalue weighted by atomic mass is 28.4. The molecule has 4 N–H and O–H groups in total. The highest BCUT2D eigenvalue weighted by Crippen LogP contribution is 2.42. The Bertz CT molecular complexity index is 2430. The predicted molar refractivity (Wildman–Crippen MR) is 246 cm³/mol. The average molecular weight is 862 g/mol. The predicted octanol–water partition coefficient (Wildman–Crippen LogP) is 8.59. The molecule has 2 amide bonds. The van der Waals surface area contributed by atoms with Gasteiger partial charge >= 0.3 is 6.09 Å². The largest absolute Gasteiger partial charge is 0.506 e. The number of fused-ring (bicyclic) bond motifs is 2. The molecule has 0 unspecified atom stereocenters. The normalized spacial score (nSPS) is 15.4. The Morgan fingerprint density at radius 2 is 1.71 bits per heavy atom. The van der Waals surface area contributed by atoms with E-state index in [0.29, 0.717) is 80.4 Å². The number of aromatic nitrogens is 1. The van der Waals surface area contributed by atoms with E-state index in [4.69, 9.17) is 18.6 Å². The van der Waals surface area contributed by atoms with Crippen molar-refractivity contribution in [1.82, 2.24) is 15.2 Å². The summed E-state index contributed by atoms with van der Waals surface area (Å²) in [5.74, 6) is 1.25. The first-order valence-corrected chi connectivity index (χ1v) is 24.3. The number of para-hydroxylation sites is 1. The molecule has 4 aromatic carbocycles. The number of H-pyrrole nitrogens is 1. The number of carbonyl (C=O) groups is 2. The van der Waals surface area contributed by atoms with Gasteiger partial charge in [-0.25, -0.2) is 4.79 Å². The molecule has 1 aromatic heterocycles. The number of rotatable bonds is 14. The van der Waals surface area contributed by atoms with Crippen LogP contribution in [0.1, 0.15) is 57.3 Å². The molecule has 1 saturated heterocycles. The maximum atomic E-state index is 13.8. The molecular weight excluding hydrogens is 803 g/mol. The number of nitrogens with one attached hydrogen (secondary N) is 3. The number of aromatic amines is 1. The fourth-order valence-corrected chi connectivity index (χ4v) is 9.16. The molecule has 13 nitrogen and oxygen atoms in total. The lowest BCUT2D eigenvalue weighted by Crippen LogP contribution is -2.43. The van der Waals surface area contributed by atoms with E-state index in [1.165, 1.54) is 6.07 Å². The van der Waals surface area contributed by atoms with Crippen molar-refractivity contribution in [2.24, 2.45) is 0 Å². The maximum Gasteiger partial charge on any atom is 0.411 e. The maximum absolute atomic E-state index is 13.8. The summed E-state index contributed by atoms with van der Waals surface area (Å²) in [4.78, 5) is 45.7. The smallest absolute Gasteiger partial charge is 0.411 e. The summed E-state index contributed by atoms with van der Waals surface area (Å²) >= 11 is 0. The van der Waals surface area contributed by atoms with E-state index < -0.39 is 14.4 Å². The lowest BCUT2D eigenvalue weighted by molar-refractivity contribution is -0.119. The quantitative estimate of drug-likeness (QED) is 0.0799. The summed E-state index contributed by atoms with van der Waals surface area (Å²) in [5, 5.41) is 17.8. The second-order valence-corrected chi connectivity index (χ2v) is 22.3. The molecule has 7 rings (SSSR count). The summed E-state index contributed by atoms with van der Waals surface area (Å²) in [6.07, 6.45) is 0.650. The number of pyridine rings is 1. The average Bonchev–Trinajstić information content (AvgIpc) is 3.25. The third kappa shape index (κ3) is 10.3. The first-order valence-electron chi connectivity index (χ1n) is 21.4. The molecule has 1 atom stereocenters. The van der Waals surface area contributed by atoms with Crippen LogP contribution in [-0.2, 0) is 20.5 Å². The number of piperidine rings is 1. The Hall–Kier alpha value is -5.67. The van der Waals surface area contributed by atoms with Gasteiger partial charge in [0.2, 0.25) is 11.5 Å². The van der Waals surface area contributed by atoms with Gasteiger partial charge in [0.05, 0.1) is 36.6 Å². The summed E-state index contributed by atoms with van der Waals surface area (Å²) in [6.45, 7) is 14.7. The van der Waals surface area contributed by atoms with Crippen LogP contribution in [0.5, 0.6) is 17.2 Å². The van der Waals surface area contributed by atoms with Crippen molar-refractivity contribution in [3.05, 3.63) is 112 Å². The van der Waals surface area contributed by atoms with E-state index in [1.54, 1.807) is 24.1 Å². The Morgan fingerprint density at radius 3 is 2.45 bits per heavy atom. The minimum Gasteiger partial charge on any atom is -0.506 e. The van der Waals surface area contributed by atoms with Crippen LogP contribution in [0.15, 0.2) is 95.8 Å². The van der Waals surface area contributed by atoms with E-state index in [9.17, 15) is 19.5 Å². The molecule has 3 heterocycles. The Balaban J connectivity index is 0.947. The minimum absolute atomic E-state index is 0.00204. The van der Waals surface area contributed by atoms with E-state index in [2.05, 4.69) is 54.4 Å². The van der Waals surface area contributed by atoms with Gasteiger partial charge in [0, 0.05) is 67.8 Å². The van der Waals surface area contributed by atoms with Gasteiger partial charge in [0.25, 0.3) is 0 Å². The van der Waals surface area contributed by atoms with E-state index in [1.807, 2.05) is 72.8 Å². The van der Waals surface area contributed by atoms with Crippen molar-refractivity contribution in [3.63, 3.8) is 0 Å². The van der Waals surface area contributed by atoms with E-state index in [0.717, 1.165) is 40.7 Å². The molecule has 1 fully saturated rings. The van der Waals surface area contributed by atoms with Crippen LogP contribution in [-0.4, -0.2) is 87.9 Å². The fourth-order valence-electron chi connectivity index (χ4n) is 7.89. The Labute approximate surface area is 364 Å². The second-order valence-electron chi connectivity index (χ2n) is 17.5. The number of hydrogen-bond donors (Lipinski definition) is 4. The molecule has 0 radical (unpaired) electrons. The van der Waals surface area contributed by atoms with Gasteiger partial charge in [-0.2, -0.15) is 0 Å².